The zero-order valence-corrected chi connectivity index (χ0v) is 22.1. The second kappa shape index (κ2) is 9.31. The third kappa shape index (κ3) is 4.56. The highest BCUT2D eigenvalue weighted by Gasteiger charge is 2.21. The molecule has 2 heterocycles. The lowest BCUT2D eigenvalue weighted by Crippen LogP contribution is -2.20. The maximum Gasteiger partial charge on any atom is 0.296 e. The summed E-state index contributed by atoms with van der Waals surface area (Å²) in [6, 6.07) is 9.44. The van der Waals surface area contributed by atoms with Gasteiger partial charge in [0.15, 0.2) is 0 Å². The quantitative estimate of drug-likeness (QED) is 0.283. The summed E-state index contributed by atoms with van der Waals surface area (Å²) in [5.41, 5.74) is 5.21. The molecule has 0 amide bonds. The van der Waals surface area contributed by atoms with Crippen molar-refractivity contribution in [3.8, 4) is 10.6 Å². The number of aryl methyl sites for hydroxylation is 1. The van der Waals surface area contributed by atoms with Gasteiger partial charge in [0.25, 0.3) is 10.1 Å². The molecule has 0 bridgehead atoms. The average molecular weight is 524 g/mol. The third-order valence-electron chi connectivity index (χ3n) is 6.08. The molecule has 0 aliphatic heterocycles. The normalized spacial score (nSPS) is 14.3. The monoisotopic (exact) mass is 523 g/mol. The van der Waals surface area contributed by atoms with Crippen LogP contribution < -0.4 is 0 Å². The van der Waals surface area contributed by atoms with Crippen molar-refractivity contribution in [1.82, 2.24) is 14.9 Å². The summed E-state index contributed by atoms with van der Waals surface area (Å²) in [5, 5.41) is 1.67. The van der Waals surface area contributed by atoms with Crippen LogP contribution in [-0.2, 0) is 10.1 Å². The topological polar surface area (TPSA) is 83.4 Å². The molecule has 4 aromatic rings. The van der Waals surface area contributed by atoms with Crippen LogP contribution >= 0.6 is 22.7 Å². The maximum absolute atomic E-state index is 12.0. The molecule has 5 rings (SSSR count). The minimum Gasteiger partial charge on any atom is -0.372 e. The van der Waals surface area contributed by atoms with Gasteiger partial charge in [0, 0.05) is 29.9 Å². The van der Waals surface area contributed by atoms with Crippen molar-refractivity contribution in [2.24, 2.45) is 0 Å². The summed E-state index contributed by atoms with van der Waals surface area (Å²) in [4.78, 5) is 11.8. The molecule has 2 aromatic heterocycles. The number of allylic oxidation sites excluding steroid dienone is 5. The number of aromatic nitrogens is 2. The van der Waals surface area contributed by atoms with Gasteiger partial charge >= 0.3 is 0 Å². The predicted octanol–water partition coefficient (Wildman–Crippen LogP) is 6.70. The first-order chi connectivity index (χ1) is 16.8. The molecule has 2 aromatic carbocycles. The molecule has 35 heavy (non-hydrogen) atoms. The van der Waals surface area contributed by atoms with E-state index >= 15 is 0 Å². The van der Waals surface area contributed by atoms with E-state index in [9.17, 15) is 13.0 Å². The number of hydrogen-bond donors (Lipinski definition) is 1. The lowest BCUT2D eigenvalue weighted by Gasteiger charge is -2.21. The van der Waals surface area contributed by atoms with E-state index in [0.717, 1.165) is 45.9 Å². The Morgan fingerprint density at radius 1 is 0.971 bits per heavy atom. The molecule has 9 heteroatoms. The Kier molecular flexibility index (Phi) is 6.35. The SMILES string of the molecule is CCN(CC)C1=CCC=C(c2nc3ccc(-c4nc5ccc(C)c(S(=O)(=O)O)c5s4)cc3s2)C=C1. The van der Waals surface area contributed by atoms with Gasteiger partial charge in [-0.2, -0.15) is 8.42 Å². The Morgan fingerprint density at radius 2 is 1.71 bits per heavy atom. The second-order valence-electron chi connectivity index (χ2n) is 8.29. The molecule has 1 aliphatic rings. The Morgan fingerprint density at radius 3 is 2.46 bits per heavy atom. The summed E-state index contributed by atoms with van der Waals surface area (Å²) in [7, 11) is -4.35. The van der Waals surface area contributed by atoms with E-state index in [4.69, 9.17) is 4.98 Å². The maximum atomic E-state index is 12.0. The molecule has 0 radical (unpaired) electrons. The van der Waals surface area contributed by atoms with E-state index in [-0.39, 0.29) is 4.90 Å². The predicted molar refractivity (Wildman–Crippen MR) is 146 cm³/mol. The first-order valence-electron chi connectivity index (χ1n) is 11.4. The highest BCUT2D eigenvalue weighted by atomic mass is 32.2. The van der Waals surface area contributed by atoms with Gasteiger partial charge in [0.05, 0.1) is 20.4 Å². The number of likely N-dealkylation sites (N-methyl/N-ethyl adjacent to an activating group) is 1. The standard InChI is InChI=1S/C26H25N3O3S3/c1-4-29(5-2)19-8-6-7-17(10-12-19)25-27-20-14-11-18(15-22(20)33-25)26-28-21-13-9-16(3)24(23(21)34-26)35(30,31)32/h7-15H,4-6H2,1-3H3,(H,30,31,32). The van der Waals surface area contributed by atoms with E-state index in [2.05, 4.69) is 54.1 Å². The number of nitrogens with zero attached hydrogens (tertiary/aromatic N) is 3. The van der Waals surface area contributed by atoms with Crippen LogP contribution in [0.4, 0.5) is 0 Å². The summed E-state index contributed by atoms with van der Waals surface area (Å²) in [6.07, 6.45) is 9.62. The Bertz CT molecular complexity index is 1640. The van der Waals surface area contributed by atoms with E-state index in [0.29, 0.717) is 20.8 Å². The number of fused-ring (bicyclic) bond motifs is 2. The van der Waals surface area contributed by atoms with Crippen molar-refractivity contribution in [2.45, 2.75) is 32.1 Å². The highest BCUT2D eigenvalue weighted by molar-refractivity contribution is 7.86. The van der Waals surface area contributed by atoms with Crippen LogP contribution in [0.1, 0.15) is 30.8 Å². The van der Waals surface area contributed by atoms with Crippen molar-refractivity contribution in [3.63, 3.8) is 0 Å². The Labute approximate surface area is 212 Å². The minimum atomic E-state index is -4.35. The molecular formula is C26H25N3O3S3. The van der Waals surface area contributed by atoms with Crippen molar-refractivity contribution in [1.29, 1.82) is 0 Å². The highest BCUT2D eigenvalue weighted by Crippen LogP contribution is 2.38. The molecule has 180 valence electrons. The molecule has 0 fully saturated rings. The second-order valence-corrected chi connectivity index (χ2v) is 11.7. The van der Waals surface area contributed by atoms with E-state index < -0.39 is 10.1 Å². The van der Waals surface area contributed by atoms with Gasteiger partial charge in [-0.1, -0.05) is 24.3 Å². The zero-order valence-electron chi connectivity index (χ0n) is 19.6. The Balaban J connectivity index is 1.50. The number of hydrogen-bond acceptors (Lipinski definition) is 7. The lowest BCUT2D eigenvalue weighted by molar-refractivity contribution is 0.393. The van der Waals surface area contributed by atoms with Gasteiger partial charge in [0.2, 0.25) is 0 Å². The molecular weight excluding hydrogens is 499 g/mol. The van der Waals surface area contributed by atoms with Crippen LogP contribution in [0.2, 0.25) is 0 Å². The van der Waals surface area contributed by atoms with Crippen molar-refractivity contribution in [3.05, 3.63) is 70.9 Å². The largest absolute Gasteiger partial charge is 0.372 e. The van der Waals surface area contributed by atoms with Crippen LogP contribution in [-0.4, -0.2) is 40.9 Å². The fourth-order valence-electron chi connectivity index (χ4n) is 4.29. The van der Waals surface area contributed by atoms with Crippen LogP contribution in [0.15, 0.2) is 65.2 Å². The smallest absolute Gasteiger partial charge is 0.296 e. The van der Waals surface area contributed by atoms with E-state index in [1.165, 1.54) is 17.0 Å². The van der Waals surface area contributed by atoms with Gasteiger partial charge in [-0.25, -0.2) is 9.97 Å². The van der Waals surface area contributed by atoms with Gasteiger partial charge in [-0.3, -0.25) is 4.55 Å². The summed E-state index contributed by atoms with van der Waals surface area (Å²) >= 11 is 2.90. The molecule has 0 unspecified atom stereocenters. The fourth-order valence-corrected chi connectivity index (χ4v) is 7.63. The first-order valence-corrected chi connectivity index (χ1v) is 14.5. The molecule has 0 atom stereocenters. The van der Waals surface area contributed by atoms with Crippen molar-refractivity contribution < 1.29 is 13.0 Å². The number of benzene rings is 2. The van der Waals surface area contributed by atoms with Crippen LogP contribution in [0, 0.1) is 6.92 Å². The number of rotatable bonds is 6. The third-order valence-corrected chi connectivity index (χ3v) is 9.45. The van der Waals surface area contributed by atoms with Crippen molar-refractivity contribution >= 4 is 58.8 Å². The summed E-state index contributed by atoms with van der Waals surface area (Å²) in [6.45, 7) is 7.95. The molecule has 1 N–H and O–H groups in total. The van der Waals surface area contributed by atoms with E-state index in [1.807, 2.05) is 12.1 Å². The van der Waals surface area contributed by atoms with Gasteiger partial charge in [-0.05, 0) is 63.1 Å². The van der Waals surface area contributed by atoms with Gasteiger partial charge in [0.1, 0.15) is 14.9 Å². The number of thiazole rings is 2. The molecule has 0 saturated heterocycles. The Hall–Kier alpha value is -2.85. The van der Waals surface area contributed by atoms with Crippen LogP contribution in [0.5, 0.6) is 0 Å². The summed E-state index contributed by atoms with van der Waals surface area (Å²) in [5.74, 6) is 0. The zero-order chi connectivity index (χ0) is 24.7. The molecule has 1 aliphatic carbocycles. The molecule has 0 saturated carbocycles. The van der Waals surface area contributed by atoms with Crippen LogP contribution in [0.25, 0.3) is 36.6 Å². The first kappa shape index (κ1) is 23.9. The average Bonchev–Trinajstić information content (AvgIpc) is 3.36. The minimum absolute atomic E-state index is 0.0651. The van der Waals surface area contributed by atoms with Gasteiger partial charge in [-0.15, -0.1) is 22.7 Å². The lowest BCUT2D eigenvalue weighted by atomic mass is 10.2. The molecule has 6 nitrogen and oxygen atoms in total. The van der Waals surface area contributed by atoms with Gasteiger partial charge < -0.3 is 4.90 Å². The molecule has 0 spiro atoms. The van der Waals surface area contributed by atoms with Crippen LogP contribution in [0.3, 0.4) is 0 Å². The van der Waals surface area contributed by atoms with E-state index in [1.54, 1.807) is 30.4 Å². The summed E-state index contributed by atoms with van der Waals surface area (Å²) < 4.78 is 35.2. The van der Waals surface area contributed by atoms with Crippen molar-refractivity contribution in [2.75, 3.05) is 13.1 Å². The fraction of sp³-hybridized carbons (Fsp3) is 0.231.